The van der Waals surface area contributed by atoms with Crippen molar-refractivity contribution in [1.29, 1.82) is 0 Å². The van der Waals surface area contributed by atoms with Crippen LogP contribution in [0, 0.1) is 5.92 Å². The smallest absolute Gasteiger partial charge is 0.146 e. The molecule has 4 rings (SSSR count). The van der Waals surface area contributed by atoms with Gasteiger partial charge in [-0.3, -0.25) is 0 Å². The molecular weight excluding hydrogens is 370 g/mol. The molecule has 1 saturated carbocycles. The van der Waals surface area contributed by atoms with Crippen LogP contribution in [0.2, 0.25) is 5.02 Å². The molecule has 2 heterocycles. The predicted molar refractivity (Wildman–Crippen MR) is 116 cm³/mol. The minimum Gasteiger partial charge on any atom is -0.340 e. The molecule has 0 aliphatic heterocycles. The van der Waals surface area contributed by atoms with E-state index < -0.39 is 0 Å². The highest BCUT2D eigenvalue weighted by atomic mass is 35.5. The van der Waals surface area contributed by atoms with Crippen LogP contribution in [-0.2, 0) is 6.42 Å². The minimum atomic E-state index is 0.245. The Balaban J connectivity index is 1.74. The van der Waals surface area contributed by atoms with Crippen molar-refractivity contribution >= 4 is 34.1 Å². The molecule has 3 N–H and O–H groups in total. The standard InChI is InChI=1S/C22H28ClN5/c1-14(2)28-11-10-18-21(25-17-8-5-7-16(23)13-17)26-20(27-22(18)28)12-15-6-3-4-9-19(15)24/h5,7-8,10-11,13-15,19H,3-4,6,9,12,24H2,1-2H3,(H,25,26,27). The Kier molecular flexibility index (Phi) is 5.56. The Bertz CT molecular complexity index is 965. The minimum absolute atomic E-state index is 0.245. The summed E-state index contributed by atoms with van der Waals surface area (Å²) >= 11 is 6.16. The van der Waals surface area contributed by atoms with E-state index in [1.54, 1.807) is 0 Å². The molecule has 2 unspecified atom stereocenters. The SMILES string of the molecule is CC(C)n1ccc2c(Nc3cccc(Cl)c3)nc(CC3CCCCC3N)nc21. The predicted octanol–water partition coefficient (Wildman–Crippen LogP) is 5.47. The number of hydrogen-bond donors (Lipinski definition) is 2. The molecule has 0 amide bonds. The molecule has 5 nitrogen and oxygen atoms in total. The molecule has 28 heavy (non-hydrogen) atoms. The van der Waals surface area contributed by atoms with Crippen LogP contribution in [0.25, 0.3) is 11.0 Å². The number of rotatable bonds is 5. The van der Waals surface area contributed by atoms with Crippen molar-refractivity contribution in [2.75, 3.05) is 5.32 Å². The first-order valence-corrected chi connectivity index (χ1v) is 10.5. The zero-order valence-corrected chi connectivity index (χ0v) is 17.3. The monoisotopic (exact) mass is 397 g/mol. The van der Waals surface area contributed by atoms with Crippen molar-refractivity contribution in [3.63, 3.8) is 0 Å². The molecule has 0 spiro atoms. The lowest BCUT2D eigenvalue weighted by Crippen LogP contribution is -2.34. The van der Waals surface area contributed by atoms with E-state index in [1.165, 1.54) is 12.8 Å². The van der Waals surface area contributed by atoms with Gasteiger partial charge in [-0.15, -0.1) is 0 Å². The topological polar surface area (TPSA) is 68.8 Å². The van der Waals surface area contributed by atoms with Crippen LogP contribution in [-0.4, -0.2) is 20.6 Å². The van der Waals surface area contributed by atoms with Gasteiger partial charge in [-0.25, -0.2) is 9.97 Å². The fourth-order valence-electron chi connectivity index (χ4n) is 4.11. The van der Waals surface area contributed by atoms with Gasteiger partial charge in [-0.05, 0) is 56.9 Å². The summed E-state index contributed by atoms with van der Waals surface area (Å²) in [7, 11) is 0. The first-order chi connectivity index (χ1) is 13.5. The van der Waals surface area contributed by atoms with Crippen LogP contribution in [0.4, 0.5) is 11.5 Å². The second kappa shape index (κ2) is 8.10. The number of benzene rings is 1. The number of halogens is 1. The molecule has 0 saturated heterocycles. The molecule has 2 atom stereocenters. The number of hydrogen-bond acceptors (Lipinski definition) is 4. The van der Waals surface area contributed by atoms with E-state index in [4.69, 9.17) is 27.3 Å². The van der Waals surface area contributed by atoms with Crippen molar-refractivity contribution in [3.05, 3.63) is 47.4 Å². The number of anilines is 2. The molecule has 6 heteroatoms. The van der Waals surface area contributed by atoms with Gasteiger partial charge < -0.3 is 15.6 Å². The zero-order valence-electron chi connectivity index (χ0n) is 16.5. The summed E-state index contributed by atoms with van der Waals surface area (Å²) < 4.78 is 2.20. The summed E-state index contributed by atoms with van der Waals surface area (Å²) in [5.41, 5.74) is 8.27. The summed E-state index contributed by atoms with van der Waals surface area (Å²) in [5, 5.41) is 5.17. The van der Waals surface area contributed by atoms with Crippen LogP contribution in [0.15, 0.2) is 36.5 Å². The van der Waals surface area contributed by atoms with Gasteiger partial charge in [0.1, 0.15) is 17.3 Å². The quantitative estimate of drug-likeness (QED) is 0.599. The van der Waals surface area contributed by atoms with Gasteiger partial charge in [0.05, 0.1) is 5.39 Å². The largest absolute Gasteiger partial charge is 0.340 e. The molecule has 1 aromatic carbocycles. The zero-order chi connectivity index (χ0) is 19.7. The third-order valence-electron chi connectivity index (χ3n) is 5.67. The van der Waals surface area contributed by atoms with E-state index in [2.05, 4.69) is 36.0 Å². The highest BCUT2D eigenvalue weighted by molar-refractivity contribution is 6.30. The Morgan fingerprint density at radius 3 is 2.79 bits per heavy atom. The van der Waals surface area contributed by atoms with Crippen molar-refractivity contribution in [2.45, 2.75) is 58.0 Å². The van der Waals surface area contributed by atoms with Crippen LogP contribution in [0.1, 0.15) is 51.4 Å². The summed E-state index contributed by atoms with van der Waals surface area (Å²) in [5.74, 6) is 2.14. The van der Waals surface area contributed by atoms with Crippen molar-refractivity contribution in [3.8, 4) is 0 Å². The van der Waals surface area contributed by atoms with E-state index >= 15 is 0 Å². The van der Waals surface area contributed by atoms with Crippen molar-refractivity contribution in [2.24, 2.45) is 11.7 Å². The highest BCUT2D eigenvalue weighted by Crippen LogP contribution is 2.30. The molecule has 1 fully saturated rings. The fourth-order valence-corrected chi connectivity index (χ4v) is 4.30. The lowest BCUT2D eigenvalue weighted by Gasteiger charge is -2.28. The van der Waals surface area contributed by atoms with Gasteiger partial charge in [-0.1, -0.05) is 30.5 Å². The third kappa shape index (κ3) is 4.01. The average Bonchev–Trinajstić information content (AvgIpc) is 3.08. The second-order valence-corrected chi connectivity index (χ2v) is 8.53. The van der Waals surface area contributed by atoms with E-state index in [0.717, 1.165) is 47.6 Å². The molecule has 0 bridgehead atoms. The summed E-state index contributed by atoms with van der Waals surface area (Å²) in [6, 6.07) is 10.4. The lowest BCUT2D eigenvalue weighted by molar-refractivity contribution is 0.302. The maximum atomic E-state index is 6.38. The van der Waals surface area contributed by atoms with E-state index in [9.17, 15) is 0 Å². The summed E-state index contributed by atoms with van der Waals surface area (Å²) in [4.78, 5) is 9.83. The van der Waals surface area contributed by atoms with Gasteiger partial charge >= 0.3 is 0 Å². The summed E-state index contributed by atoms with van der Waals surface area (Å²) in [6.07, 6.45) is 7.65. The van der Waals surface area contributed by atoms with Crippen LogP contribution >= 0.6 is 11.6 Å². The molecule has 1 aliphatic rings. The first kappa shape index (κ1) is 19.2. The van der Waals surface area contributed by atoms with Gasteiger partial charge in [0.2, 0.25) is 0 Å². The van der Waals surface area contributed by atoms with Gasteiger partial charge in [-0.2, -0.15) is 0 Å². The number of nitrogens with zero attached hydrogens (tertiary/aromatic N) is 3. The van der Waals surface area contributed by atoms with Gasteiger partial charge in [0.15, 0.2) is 0 Å². The molecule has 0 radical (unpaired) electrons. The average molecular weight is 398 g/mol. The Morgan fingerprint density at radius 2 is 2.04 bits per heavy atom. The van der Waals surface area contributed by atoms with Crippen LogP contribution < -0.4 is 11.1 Å². The fraction of sp³-hybridized carbons (Fsp3) is 0.455. The maximum absolute atomic E-state index is 6.38. The lowest BCUT2D eigenvalue weighted by atomic mass is 9.83. The molecular formula is C22H28ClN5. The normalized spacial score (nSPS) is 20.0. The molecule has 3 aromatic rings. The number of nitrogens with two attached hydrogens (primary N) is 1. The molecule has 2 aromatic heterocycles. The third-order valence-corrected chi connectivity index (χ3v) is 5.91. The van der Waals surface area contributed by atoms with Crippen LogP contribution in [0.3, 0.4) is 0 Å². The maximum Gasteiger partial charge on any atom is 0.146 e. The second-order valence-electron chi connectivity index (χ2n) is 8.09. The van der Waals surface area contributed by atoms with E-state index in [1.807, 2.05) is 24.3 Å². The Hall–Kier alpha value is -2.11. The van der Waals surface area contributed by atoms with Crippen molar-refractivity contribution < 1.29 is 0 Å². The molecule has 148 valence electrons. The number of fused-ring (bicyclic) bond motifs is 1. The van der Waals surface area contributed by atoms with Gasteiger partial charge in [0.25, 0.3) is 0 Å². The Morgan fingerprint density at radius 1 is 1.21 bits per heavy atom. The van der Waals surface area contributed by atoms with Crippen molar-refractivity contribution in [1.82, 2.24) is 14.5 Å². The summed E-state index contributed by atoms with van der Waals surface area (Å²) in [6.45, 7) is 4.34. The Labute approximate surface area is 171 Å². The highest BCUT2D eigenvalue weighted by Gasteiger charge is 2.24. The number of nitrogens with one attached hydrogen (secondary N) is 1. The molecule has 1 aliphatic carbocycles. The van der Waals surface area contributed by atoms with Crippen LogP contribution in [0.5, 0.6) is 0 Å². The van der Waals surface area contributed by atoms with E-state index in [0.29, 0.717) is 17.0 Å². The van der Waals surface area contributed by atoms with E-state index in [-0.39, 0.29) is 6.04 Å². The van der Waals surface area contributed by atoms with Gasteiger partial charge in [0, 0.05) is 35.4 Å². The first-order valence-electron chi connectivity index (χ1n) is 10.2. The number of aromatic nitrogens is 3.